The Hall–Kier alpha value is -0.0400. The molecule has 0 aromatic rings. The highest BCUT2D eigenvalue weighted by molar-refractivity contribution is 9.09. The lowest BCUT2D eigenvalue weighted by Crippen LogP contribution is -1.90. The van der Waals surface area contributed by atoms with Crippen molar-refractivity contribution in [3.63, 3.8) is 0 Å². The van der Waals surface area contributed by atoms with Gasteiger partial charge in [0.2, 0.25) is 0 Å². The minimum absolute atomic E-state index is 0.564. The van der Waals surface area contributed by atoms with Crippen LogP contribution in [0.2, 0.25) is 0 Å². The van der Waals surface area contributed by atoms with Gasteiger partial charge in [-0.05, 0) is 19.3 Å². The Kier molecular flexibility index (Phi) is 3.05. The second-order valence-electron chi connectivity index (χ2n) is 2.23. The molecular weight excluding hydrogens is 176 g/mol. The van der Waals surface area contributed by atoms with E-state index in [1.54, 1.807) is 0 Å². The predicted molar refractivity (Wildman–Crippen MR) is 44.8 cm³/mol. The maximum Gasteiger partial charge on any atom is 0.0359 e. The molecule has 0 N–H and O–H groups in total. The molecule has 1 aliphatic carbocycles. The highest BCUT2D eigenvalue weighted by Gasteiger charge is 1.95. The SMILES string of the molecule is BrC1C=CCCC=CC1. The molecule has 0 saturated heterocycles. The summed E-state index contributed by atoms with van der Waals surface area (Å²) in [5.74, 6) is 0. The molecule has 0 amide bonds. The van der Waals surface area contributed by atoms with Crippen molar-refractivity contribution < 1.29 is 0 Å². The largest absolute Gasteiger partial charge is 0.0882 e. The van der Waals surface area contributed by atoms with Crippen LogP contribution in [-0.4, -0.2) is 4.83 Å². The van der Waals surface area contributed by atoms with E-state index in [-0.39, 0.29) is 0 Å². The minimum Gasteiger partial charge on any atom is -0.0882 e. The van der Waals surface area contributed by atoms with Crippen molar-refractivity contribution >= 4 is 15.9 Å². The number of hydrogen-bond donors (Lipinski definition) is 0. The topological polar surface area (TPSA) is 0 Å². The second-order valence-corrected chi connectivity index (χ2v) is 3.40. The molecule has 0 saturated carbocycles. The maximum atomic E-state index is 3.53. The van der Waals surface area contributed by atoms with Crippen molar-refractivity contribution in [1.82, 2.24) is 0 Å². The van der Waals surface area contributed by atoms with Crippen molar-refractivity contribution in [3.05, 3.63) is 24.3 Å². The lowest BCUT2D eigenvalue weighted by Gasteiger charge is -2.01. The van der Waals surface area contributed by atoms with Crippen molar-refractivity contribution in [2.45, 2.75) is 24.1 Å². The molecule has 9 heavy (non-hydrogen) atoms. The number of alkyl halides is 1. The van der Waals surface area contributed by atoms with Gasteiger partial charge in [-0.3, -0.25) is 0 Å². The van der Waals surface area contributed by atoms with Crippen LogP contribution in [-0.2, 0) is 0 Å². The highest BCUT2D eigenvalue weighted by atomic mass is 79.9. The molecule has 0 fully saturated rings. The molecule has 0 heterocycles. The number of hydrogen-bond acceptors (Lipinski definition) is 0. The van der Waals surface area contributed by atoms with E-state index in [4.69, 9.17) is 0 Å². The molecule has 1 rings (SSSR count). The second kappa shape index (κ2) is 3.89. The van der Waals surface area contributed by atoms with E-state index >= 15 is 0 Å². The first-order valence-electron chi connectivity index (χ1n) is 3.35. The Morgan fingerprint density at radius 2 is 1.89 bits per heavy atom. The van der Waals surface area contributed by atoms with E-state index in [0.29, 0.717) is 4.83 Å². The first-order chi connectivity index (χ1) is 4.39. The van der Waals surface area contributed by atoms with E-state index in [1.165, 1.54) is 12.8 Å². The average Bonchev–Trinajstić information content (AvgIpc) is 1.79. The summed E-state index contributed by atoms with van der Waals surface area (Å²) in [7, 11) is 0. The van der Waals surface area contributed by atoms with Gasteiger partial charge in [0.05, 0.1) is 0 Å². The molecule has 0 aliphatic heterocycles. The number of allylic oxidation sites excluding steroid dienone is 4. The van der Waals surface area contributed by atoms with Gasteiger partial charge in [-0.1, -0.05) is 40.2 Å². The van der Waals surface area contributed by atoms with Gasteiger partial charge >= 0.3 is 0 Å². The lowest BCUT2D eigenvalue weighted by molar-refractivity contribution is 0.979. The zero-order valence-corrected chi connectivity index (χ0v) is 6.97. The fraction of sp³-hybridized carbons (Fsp3) is 0.500. The third-order valence-electron chi connectivity index (χ3n) is 1.37. The van der Waals surface area contributed by atoms with Crippen LogP contribution in [0.25, 0.3) is 0 Å². The molecule has 0 aromatic carbocycles. The van der Waals surface area contributed by atoms with Crippen LogP contribution in [0.1, 0.15) is 19.3 Å². The average molecular weight is 187 g/mol. The smallest absolute Gasteiger partial charge is 0.0359 e. The summed E-state index contributed by atoms with van der Waals surface area (Å²) in [4.78, 5) is 0.564. The van der Waals surface area contributed by atoms with Crippen LogP contribution < -0.4 is 0 Å². The van der Waals surface area contributed by atoms with E-state index in [1.807, 2.05) is 0 Å². The molecule has 1 heteroatoms. The predicted octanol–water partition coefficient (Wildman–Crippen LogP) is 3.05. The molecule has 0 spiro atoms. The van der Waals surface area contributed by atoms with Gasteiger partial charge in [-0.25, -0.2) is 0 Å². The quantitative estimate of drug-likeness (QED) is 0.404. The Morgan fingerprint density at radius 3 is 2.78 bits per heavy atom. The third kappa shape index (κ3) is 2.85. The molecule has 1 atom stereocenters. The highest BCUT2D eigenvalue weighted by Crippen LogP contribution is 2.11. The van der Waals surface area contributed by atoms with E-state index in [9.17, 15) is 0 Å². The summed E-state index contributed by atoms with van der Waals surface area (Å²) in [6.45, 7) is 0. The monoisotopic (exact) mass is 186 g/mol. The first kappa shape index (κ1) is 7.07. The van der Waals surface area contributed by atoms with Crippen molar-refractivity contribution in [2.24, 2.45) is 0 Å². The van der Waals surface area contributed by atoms with Crippen LogP contribution in [0, 0.1) is 0 Å². The van der Waals surface area contributed by atoms with Gasteiger partial charge in [-0.15, -0.1) is 0 Å². The van der Waals surface area contributed by atoms with E-state index in [0.717, 1.165) is 6.42 Å². The Balaban J connectivity index is 2.40. The third-order valence-corrected chi connectivity index (χ3v) is 2.05. The minimum atomic E-state index is 0.564. The molecule has 0 radical (unpaired) electrons. The number of halogens is 1. The Bertz CT molecular complexity index is 125. The van der Waals surface area contributed by atoms with Gasteiger partial charge in [0.1, 0.15) is 0 Å². The van der Waals surface area contributed by atoms with Crippen LogP contribution >= 0.6 is 15.9 Å². The van der Waals surface area contributed by atoms with Gasteiger partial charge in [0, 0.05) is 4.83 Å². The molecule has 0 bridgehead atoms. The van der Waals surface area contributed by atoms with Gasteiger partial charge in [-0.2, -0.15) is 0 Å². The lowest BCUT2D eigenvalue weighted by atomic mass is 10.1. The van der Waals surface area contributed by atoms with Gasteiger partial charge in [0.25, 0.3) is 0 Å². The van der Waals surface area contributed by atoms with Gasteiger partial charge < -0.3 is 0 Å². The van der Waals surface area contributed by atoms with Crippen LogP contribution in [0.3, 0.4) is 0 Å². The summed E-state index contributed by atoms with van der Waals surface area (Å²) in [6.07, 6.45) is 12.5. The maximum absolute atomic E-state index is 3.53. The first-order valence-corrected chi connectivity index (χ1v) is 4.27. The zero-order valence-electron chi connectivity index (χ0n) is 5.39. The summed E-state index contributed by atoms with van der Waals surface area (Å²) >= 11 is 3.53. The fourth-order valence-electron chi connectivity index (χ4n) is 0.859. The molecular formula is C8H11Br. The van der Waals surface area contributed by atoms with Crippen molar-refractivity contribution in [1.29, 1.82) is 0 Å². The van der Waals surface area contributed by atoms with Crippen LogP contribution in [0.15, 0.2) is 24.3 Å². The summed E-state index contributed by atoms with van der Waals surface area (Å²) < 4.78 is 0. The fourth-order valence-corrected chi connectivity index (χ4v) is 1.29. The Labute approximate surface area is 64.8 Å². The normalized spacial score (nSPS) is 27.4. The summed E-state index contributed by atoms with van der Waals surface area (Å²) in [6, 6.07) is 0. The molecule has 0 nitrogen and oxygen atoms in total. The standard InChI is InChI=1S/C8H11Br/c9-8-6-4-2-1-3-5-7-8/h2,4-5,7-8H,1,3,6H2. The molecule has 1 unspecified atom stereocenters. The van der Waals surface area contributed by atoms with E-state index in [2.05, 4.69) is 40.2 Å². The number of rotatable bonds is 0. The van der Waals surface area contributed by atoms with E-state index < -0.39 is 0 Å². The van der Waals surface area contributed by atoms with Crippen molar-refractivity contribution in [2.75, 3.05) is 0 Å². The zero-order chi connectivity index (χ0) is 6.53. The van der Waals surface area contributed by atoms with Gasteiger partial charge in [0.15, 0.2) is 0 Å². The van der Waals surface area contributed by atoms with Crippen molar-refractivity contribution in [3.8, 4) is 0 Å². The summed E-state index contributed by atoms with van der Waals surface area (Å²) in [5, 5.41) is 0. The van der Waals surface area contributed by atoms with Crippen LogP contribution in [0.4, 0.5) is 0 Å². The molecule has 0 aromatic heterocycles. The summed E-state index contributed by atoms with van der Waals surface area (Å²) in [5.41, 5.74) is 0. The molecule has 50 valence electrons. The van der Waals surface area contributed by atoms with Crippen LogP contribution in [0.5, 0.6) is 0 Å². The Morgan fingerprint density at radius 1 is 1.11 bits per heavy atom. The molecule has 1 aliphatic rings.